The predicted octanol–water partition coefficient (Wildman–Crippen LogP) is 2.78. The van der Waals surface area contributed by atoms with Gasteiger partial charge in [0.25, 0.3) is 0 Å². The first-order valence-corrected chi connectivity index (χ1v) is 4.81. The molecule has 0 bridgehead atoms. The first kappa shape index (κ1) is 12.7. The normalized spacial score (nSPS) is 10.2. The lowest BCUT2D eigenvalue weighted by Gasteiger charge is -2.01. The van der Waals surface area contributed by atoms with E-state index in [-0.39, 0.29) is 18.5 Å². The zero-order valence-corrected chi connectivity index (χ0v) is 8.88. The topological polar surface area (TPSA) is 86.1 Å². The number of halogens is 1. The fourth-order valence-corrected chi connectivity index (χ4v) is 1.27. The number of hydrogen-bond donors (Lipinski definition) is 1. The second-order valence-electron chi connectivity index (χ2n) is 3.24. The molecule has 0 spiro atoms. The summed E-state index contributed by atoms with van der Waals surface area (Å²) >= 11 is 0. The van der Waals surface area contributed by atoms with E-state index in [2.05, 4.69) is 10.0 Å². The van der Waals surface area contributed by atoms with Crippen LogP contribution in [0.1, 0.15) is 11.1 Å². The van der Waals surface area contributed by atoms with Gasteiger partial charge in [0, 0.05) is 17.0 Å². The maximum atomic E-state index is 13.3. The Hall–Kier alpha value is -2.33. The minimum atomic E-state index is -0.972. The van der Waals surface area contributed by atoms with Crippen LogP contribution in [-0.2, 0) is 11.2 Å². The number of carbonyl (C=O) groups is 1. The van der Waals surface area contributed by atoms with Crippen LogP contribution < -0.4 is 0 Å². The van der Waals surface area contributed by atoms with Gasteiger partial charge in [-0.3, -0.25) is 4.79 Å². The Labute approximate surface area is 96.8 Å². The molecule has 0 amide bonds. The molecule has 0 aromatic heterocycles. The fraction of sp³-hybridized carbons (Fsp3) is 0.182. The Morgan fingerprint density at radius 2 is 2.35 bits per heavy atom. The summed E-state index contributed by atoms with van der Waals surface area (Å²) in [5.41, 5.74) is 8.84. The Balaban J connectivity index is 2.86. The van der Waals surface area contributed by atoms with Gasteiger partial charge in [0.05, 0.1) is 6.42 Å². The summed E-state index contributed by atoms with van der Waals surface area (Å²) < 4.78 is 13.3. The van der Waals surface area contributed by atoms with Gasteiger partial charge in [0.15, 0.2) is 0 Å². The van der Waals surface area contributed by atoms with Crippen molar-refractivity contribution in [3.63, 3.8) is 0 Å². The molecule has 5 nitrogen and oxygen atoms in total. The number of hydrogen-bond acceptors (Lipinski definition) is 2. The monoisotopic (exact) mass is 235 g/mol. The Morgan fingerprint density at radius 3 is 3.00 bits per heavy atom. The van der Waals surface area contributed by atoms with E-state index < -0.39 is 11.8 Å². The number of nitrogens with zero attached hydrogens (tertiary/aromatic N) is 3. The van der Waals surface area contributed by atoms with E-state index >= 15 is 0 Å². The summed E-state index contributed by atoms with van der Waals surface area (Å²) in [7, 11) is 0. The molecular weight excluding hydrogens is 225 g/mol. The SMILES string of the molecule is [N-]=[N+]=NCC=Cc1cc(CC(=O)O)ccc1F. The number of aliphatic carboxylic acids is 1. The summed E-state index contributed by atoms with van der Waals surface area (Å²) in [6, 6.07) is 4.09. The lowest BCUT2D eigenvalue weighted by Crippen LogP contribution is -2.00. The van der Waals surface area contributed by atoms with Crippen LogP contribution in [0.5, 0.6) is 0 Å². The molecule has 0 aliphatic heterocycles. The van der Waals surface area contributed by atoms with E-state index in [0.717, 1.165) is 0 Å². The van der Waals surface area contributed by atoms with Crippen molar-refractivity contribution >= 4 is 12.0 Å². The van der Waals surface area contributed by atoms with Crippen molar-refractivity contribution in [1.82, 2.24) is 0 Å². The van der Waals surface area contributed by atoms with Gasteiger partial charge in [0.2, 0.25) is 0 Å². The lowest BCUT2D eigenvalue weighted by atomic mass is 10.1. The van der Waals surface area contributed by atoms with Crippen LogP contribution in [0.25, 0.3) is 16.5 Å². The van der Waals surface area contributed by atoms with Crippen LogP contribution in [0.4, 0.5) is 4.39 Å². The van der Waals surface area contributed by atoms with Gasteiger partial charge < -0.3 is 5.11 Å². The average molecular weight is 235 g/mol. The van der Waals surface area contributed by atoms with Crippen molar-refractivity contribution in [2.24, 2.45) is 5.11 Å². The summed E-state index contributed by atoms with van der Waals surface area (Å²) in [6.07, 6.45) is 2.80. The van der Waals surface area contributed by atoms with Crippen molar-refractivity contribution in [1.29, 1.82) is 0 Å². The Morgan fingerprint density at radius 1 is 1.59 bits per heavy atom. The molecule has 1 aromatic carbocycles. The smallest absolute Gasteiger partial charge is 0.307 e. The molecule has 0 aliphatic rings. The van der Waals surface area contributed by atoms with Gasteiger partial charge in [-0.1, -0.05) is 23.3 Å². The van der Waals surface area contributed by atoms with Crippen LogP contribution in [0.2, 0.25) is 0 Å². The lowest BCUT2D eigenvalue weighted by molar-refractivity contribution is -0.136. The van der Waals surface area contributed by atoms with Gasteiger partial charge in [-0.25, -0.2) is 4.39 Å². The molecule has 0 fully saturated rings. The second-order valence-corrected chi connectivity index (χ2v) is 3.24. The van der Waals surface area contributed by atoms with Gasteiger partial charge in [-0.05, 0) is 23.2 Å². The second kappa shape index (κ2) is 6.30. The van der Waals surface area contributed by atoms with Gasteiger partial charge in [-0.15, -0.1) is 0 Å². The quantitative estimate of drug-likeness (QED) is 0.483. The third kappa shape index (κ3) is 4.36. The van der Waals surface area contributed by atoms with Gasteiger partial charge in [-0.2, -0.15) is 0 Å². The van der Waals surface area contributed by atoms with Crippen LogP contribution in [-0.4, -0.2) is 17.6 Å². The molecule has 0 radical (unpaired) electrons. The molecular formula is C11H10FN3O2. The van der Waals surface area contributed by atoms with Crippen LogP contribution in [0, 0.1) is 5.82 Å². The molecule has 1 N–H and O–H groups in total. The summed E-state index contributed by atoms with van der Waals surface area (Å²) in [4.78, 5) is 13.0. The number of carboxylic acids is 1. The van der Waals surface area contributed by atoms with E-state index in [0.29, 0.717) is 5.56 Å². The standard InChI is InChI=1S/C11H10FN3O2/c12-10-4-3-8(7-11(16)17)6-9(10)2-1-5-14-15-13/h1-4,6H,5,7H2,(H,16,17). The molecule has 1 rings (SSSR count). The minimum Gasteiger partial charge on any atom is -0.481 e. The number of azide groups is 1. The van der Waals surface area contributed by atoms with E-state index in [1.54, 1.807) is 0 Å². The van der Waals surface area contributed by atoms with Crippen molar-refractivity contribution in [3.8, 4) is 0 Å². The molecule has 0 heterocycles. The zero-order chi connectivity index (χ0) is 12.7. The maximum Gasteiger partial charge on any atom is 0.307 e. The molecule has 0 atom stereocenters. The molecule has 0 saturated carbocycles. The van der Waals surface area contributed by atoms with Crippen LogP contribution >= 0.6 is 0 Å². The highest BCUT2D eigenvalue weighted by atomic mass is 19.1. The highest BCUT2D eigenvalue weighted by Crippen LogP contribution is 2.13. The maximum absolute atomic E-state index is 13.3. The molecule has 1 aromatic rings. The zero-order valence-electron chi connectivity index (χ0n) is 8.88. The fourth-order valence-electron chi connectivity index (χ4n) is 1.27. The third-order valence-corrected chi connectivity index (χ3v) is 1.96. The summed E-state index contributed by atoms with van der Waals surface area (Å²) in [6.45, 7) is 0.124. The molecule has 17 heavy (non-hydrogen) atoms. The van der Waals surface area contributed by atoms with Gasteiger partial charge in [0.1, 0.15) is 5.82 Å². The first-order chi connectivity index (χ1) is 8.13. The van der Waals surface area contributed by atoms with E-state index in [4.69, 9.17) is 10.6 Å². The molecule has 0 saturated heterocycles. The molecule has 0 unspecified atom stereocenters. The predicted molar refractivity (Wildman–Crippen MR) is 60.8 cm³/mol. The number of rotatable bonds is 5. The number of carboxylic acid groups (broad SMARTS) is 1. The average Bonchev–Trinajstić information content (AvgIpc) is 2.28. The number of benzene rings is 1. The Bertz CT molecular complexity index is 493. The van der Waals surface area contributed by atoms with Crippen LogP contribution in [0.3, 0.4) is 0 Å². The van der Waals surface area contributed by atoms with Crippen molar-refractivity contribution in [3.05, 3.63) is 51.7 Å². The first-order valence-electron chi connectivity index (χ1n) is 4.81. The highest BCUT2D eigenvalue weighted by molar-refractivity contribution is 5.70. The summed E-state index contributed by atoms with van der Waals surface area (Å²) in [5, 5.41) is 11.9. The van der Waals surface area contributed by atoms with E-state index in [9.17, 15) is 9.18 Å². The van der Waals surface area contributed by atoms with Crippen LogP contribution in [0.15, 0.2) is 29.4 Å². The van der Waals surface area contributed by atoms with Gasteiger partial charge >= 0.3 is 5.97 Å². The van der Waals surface area contributed by atoms with E-state index in [1.807, 2.05) is 0 Å². The minimum absolute atomic E-state index is 0.124. The van der Waals surface area contributed by atoms with Crippen molar-refractivity contribution in [2.45, 2.75) is 6.42 Å². The van der Waals surface area contributed by atoms with Crippen molar-refractivity contribution < 1.29 is 14.3 Å². The molecule has 0 aliphatic carbocycles. The van der Waals surface area contributed by atoms with E-state index in [1.165, 1.54) is 30.4 Å². The third-order valence-electron chi connectivity index (χ3n) is 1.96. The van der Waals surface area contributed by atoms with Crippen molar-refractivity contribution in [2.75, 3.05) is 6.54 Å². The summed E-state index contributed by atoms with van der Waals surface area (Å²) in [5.74, 6) is -1.42. The molecule has 6 heteroatoms. The highest BCUT2D eigenvalue weighted by Gasteiger charge is 2.04. The molecule has 88 valence electrons. The Kier molecular flexibility index (Phi) is 4.72. The largest absolute Gasteiger partial charge is 0.481 e.